The molecule has 3 rings (SSSR count). The van der Waals surface area contributed by atoms with Gasteiger partial charge >= 0.3 is 0 Å². The van der Waals surface area contributed by atoms with Gasteiger partial charge in [0, 0.05) is 11.5 Å². The molecular weight excluding hydrogens is 230 g/mol. The first-order valence-electron chi connectivity index (χ1n) is 5.94. The molecule has 2 atom stereocenters. The molecule has 0 unspecified atom stereocenters. The number of carbonyl (C=O) groups is 1. The van der Waals surface area contributed by atoms with Gasteiger partial charge in [-0.1, -0.05) is 12.1 Å². The number of hydrogen-bond acceptors (Lipinski definition) is 4. The Bertz CT molecular complexity index is 541. The Morgan fingerprint density at radius 3 is 3.11 bits per heavy atom. The Morgan fingerprint density at radius 1 is 1.50 bits per heavy atom. The smallest absolute Gasteiger partial charge is 0.248 e. The molecule has 1 aliphatic heterocycles. The van der Waals surface area contributed by atoms with Crippen molar-refractivity contribution in [1.29, 1.82) is 0 Å². The van der Waals surface area contributed by atoms with E-state index in [-0.39, 0.29) is 5.54 Å². The second-order valence-electron chi connectivity index (χ2n) is 4.89. The predicted octanol–water partition coefficient (Wildman–Crippen LogP) is 0.388. The van der Waals surface area contributed by atoms with Crippen LogP contribution in [0.5, 0.6) is 0 Å². The fourth-order valence-electron chi connectivity index (χ4n) is 2.60. The van der Waals surface area contributed by atoms with E-state index in [1.165, 1.54) is 0 Å². The molecule has 1 aliphatic carbocycles. The summed E-state index contributed by atoms with van der Waals surface area (Å²) < 4.78 is 5.44. The van der Waals surface area contributed by atoms with Crippen LogP contribution >= 0.6 is 0 Å². The molecule has 1 aromatic rings. The highest BCUT2D eigenvalue weighted by molar-refractivity contribution is 5.93. The van der Waals surface area contributed by atoms with Gasteiger partial charge in [0.05, 0.1) is 12.1 Å². The Labute approximate surface area is 105 Å². The van der Waals surface area contributed by atoms with E-state index in [1.807, 2.05) is 18.2 Å². The maximum absolute atomic E-state index is 11.2. The number of nitrogens with zero attached hydrogens (tertiary/aromatic N) is 1. The number of amides is 1. The van der Waals surface area contributed by atoms with E-state index < -0.39 is 5.91 Å². The molecule has 94 valence electrons. The standard InChI is InChI=1S/C13H15N3O2/c14-11-7-18-6-10-5-13(10,16-11)9-3-1-2-8(4-9)12(15)17/h1-4,10H,5-7H2,(H2,14,16)(H2,15,17)/t10-,13+/m0/s1. The maximum Gasteiger partial charge on any atom is 0.248 e. The molecule has 18 heavy (non-hydrogen) atoms. The predicted molar refractivity (Wildman–Crippen MR) is 67.2 cm³/mol. The van der Waals surface area contributed by atoms with Crippen molar-refractivity contribution in [3.05, 3.63) is 35.4 Å². The van der Waals surface area contributed by atoms with Gasteiger partial charge in [0.15, 0.2) is 0 Å². The first-order chi connectivity index (χ1) is 8.62. The molecule has 1 fully saturated rings. The molecule has 0 radical (unpaired) electrons. The second-order valence-corrected chi connectivity index (χ2v) is 4.89. The number of rotatable bonds is 2. The summed E-state index contributed by atoms with van der Waals surface area (Å²) in [7, 11) is 0. The zero-order valence-corrected chi connectivity index (χ0v) is 9.93. The van der Waals surface area contributed by atoms with Crippen LogP contribution in [0, 0.1) is 5.92 Å². The van der Waals surface area contributed by atoms with Gasteiger partial charge in [0.2, 0.25) is 5.91 Å². The first kappa shape index (κ1) is 11.2. The van der Waals surface area contributed by atoms with E-state index in [2.05, 4.69) is 4.99 Å². The highest BCUT2D eigenvalue weighted by atomic mass is 16.5. The van der Waals surface area contributed by atoms with Crippen LogP contribution in [0.2, 0.25) is 0 Å². The van der Waals surface area contributed by atoms with Crippen LogP contribution < -0.4 is 11.5 Å². The summed E-state index contributed by atoms with van der Waals surface area (Å²) in [6.45, 7) is 1.04. The SMILES string of the molecule is NC(=O)c1cccc([C@]23C[C@H]2COCC(N)=N3)c1. The minimum atomic E-state index is -0.424. The van der Waals surface area contributed by atoms with Crippen LogP contribution in [0.4, 0.5) is 0 Å². The van der Waals surface area contributed by atoms with Crippen molar-refractivity contribution in [3.8, 4) is 0 Å². The zero-order valence-electron chi connectivity index (χ0n) is 9.93. The second kappa shape index (κ2) is 3.81. The average molecular weight is 245 g/mol. The molecule has 0 aromatic heterocycles. The van der Waals surface area contributed by atoms with Crippen LogP contribution in [-0.2, 0) is 10.3 Å². The molecule has 1 saturated carbocycles. The van der Waals surface area contributed by atoms with Gasteiger partial charge in [-0.15, -0.1) is 0 Å². The third kappa shape index (κ3) is 1.67. The molecule has 1 amide bonds. The fraction of sp³-hybridized carbons (Fsp3) is 0.385. The van der Waals surface area contributed by atoms with Crippen molar-refractivity contribution in [2.45, 2.75) is 12.0 Å². The summed E-state index contributed by atoms with van der Waals surface area (Å²) in [5, 5.41) is 0. The molecule has 2 aliphatic rings. The number of fused-ring (bicyclic) bond motifs is 1. The van der Waals surface area contributed by atoms with Crippen molar-refractivity contribution in [3.63, 3.8) is 0 Å². The van der Waals surface area contributed by atoms with Gasteiger partial charge in [0.1, 0.15) is 12.4 Å². The average Bonchev–Trinajstić information content (AvgIpc) is 3.04. The summed E-state index contributed by atoms with van der Waals surface area (Å²) in [6.07, 6.45) is 0.913. The molecule has 5 heteroatoms. The normalized spacial score (nSPS) is 30.0. The van der Waals surface area contributed by atoms with E-state index in [1.54, 1.807) is 6.07 Å². The zero-order chi connectivity index (χ0) is 12.8. The Hall–Kier alpha value is -1.88. The highest BCUT2D eigenvalue weighted by Crippen LogP contribution is 2.56. The minimum Gasteiger partial charge on any atom is -0.386 e. The van der Waals surface area contributed by atoms with Gasteiger partial charge in [-0.3, -0.25) is 9.79 Å². The Morgan fingerprint density at radius 2 is 2.33 bits per heavy atom. The van der Waals surface area contributed by atoms with Crippen molar-refractivity contribution in [1.82, 2.24) is 0 Å². The minimum absolute atomic E-state index is 0.300. The van der Waals surface area contributed by atoms with Gasteiger partial charge in [-0.25, -0.2) is 0 Å². The van der Waals surface area contributed by atoms with Crippen LogP contribution in [-0.4, -0.2) is 25.0 Å². The van der Waals surface area contributed by atoms with Crippen molar-refractivity contribution in [2.24, 2.45) is 22.4 Å². The lowest BCUT2D eigenvalue weighted by Gasteiger charge is -2.13. The number of hydrogen-bond donors (Lipinski definition) is 2. The summed E-state index contributed by atoms with van der Waals surface area (Å²) in [6, 6.07) is 7.32. The number of amidine groups is 1. The van der Waals surface area contributed by atoms with Crippen molar-refractivity contribution < 1.29 is 9.53 Å². The lowest BCUT2D eigenvalue weighted by molar-refractivity contribution is 0.1000. The van der Waals surface area contributed by atoms with Crippen molar-refractivity contribution in [2.75, 3.05) is 13.2 Å². The van der Waals surface area contributed by atoms with Gasteiger partial charge in [-0.2, -0.15) is 0 Å². The highest BCUT2D eigenvalue weighted by Gasteiger charge is 2.56. The number of carbonyl (C=O) groups excluding carboxylic acids is 1. The maximum atomic E-state index is 11.2. The van der Waals surface area contributed by atoms with Crippen LogP contribution in [0.25, 0.3) is 0 Å². The summed E-state index contributed by atoms with van der Waals surface area (Å²) >= 11 is 0. The summed E-state index contributed by atoms with van der Waals surface area (Å²) in [4.78, 5) is 15.8. The molecule has 1 heterocycles. The summed E-state index contributed by atoms with van der Waals surface area (Å²) in [5.41, 5.74) is 12.3. The van der Waals surface area contributed by atoms with Gasteiger partial charge in [-0.05, 0) is 24.1 Å². The third-order valence-corrected chi connectivity index (χ3v) is 3.63. The molecule has 0 bridgehead atoms. The molecule has 4 N–H and O–H groups in total. The fourth-order valence-corrected chi connectivity index (χ4v) is 2.60. The van der Waals surface area contributed by atoms with E-state index in [0.717, 1.165) is 12.0 Å². The largest absolute Gasteiger partial charge is 0.386 e. The van der Waals surface area contributed by atoms with E-state index in [4.69, 9.17) is 16.2 Å². The number of nitrogens with two attached hydrogens (primary N) is 2. The molecule has 5 nitrogen and oxygen atoms in total. The Balaban J connectivity index is 2.02. The first-order valence-corrected chi connectivity index (χ1v) is 5.94. The van der Waals surface area contributed by atoms with Crippen LogP contribution in [0.1, 0.15) is 22.3 Å². The number of benzene rings is 1. The molecular formula is C13H15N3O2. The van der Waals surface area contributed by atoms with Crippen molar-refractivity contribution >= 4 is 11.7 Å². The molecule has 1 aromatic carbocycles. The van der Waals surface area contributed by atoms with Crippen LogP contribution in [0.3, 0.4) is 0 Å². The monoisotopic (exact) mass is 245 g/mol. The molecule has 0 spiro atoms. The molecule has 0 saturated heterocycles. The lowest BCUT2D eigenvalue weighted by Crippen LogP contribution is -2.20. The number of aliphatic imine (C=N–C) groups is 1. The number of ether oxygens (including phenoxy) is 1. The van der Waals surface area contributed by atoms with Gasteiger partial charge < -0.3 is 16.2 Å². The Kier molecular flexibility index (Phi) is 2.38. The van der Waals surface area contributed by atoms with E-state index in [9.17, 15) is 4.79 Å². The quantitative estimate of drug-likeness (QED) is 0.789. The van der Waals surface area contributed by atoms with E-state index >= 15 is 0 Å². The third-order valence-electron chi connectivity index (χ3n) is 3.63. The van der Waals surface area contributed by atoms with Gasteiger partial charge in [0.25, 0.3) is 0 Å². The topological polar surface area (TPSA) is 90.7 Å². The number of primary amides is 1. The van der Waals surface area contributed by atoms with E-state index in [0.29, 0.717) is 30.5 Å². The summed E-state index contributed by atoms with van der Waals surface area (Å²) in [5.74, 6) is 0.438. The lowest BCUT2D eigenvalue weighted by atomic mass is 10.00. The van der Waals surface area contributed by atoms with Crippen LogP contribution in [0.15, 0.2) is 29.3 Å².